The lowest BCUT2D eigenvalue weighted by Crippen LogP contribution is -2.30. The molecule has 1 amide bonds. The minimum absolute atomic E-state index is 0.00247. The van der Waals surface area contributed by atoms with Gasteiger partial charge in [0.05, 0.1) is 16.6 Å². The van der Waals surface area contributed by atoms with Crippen LogP contribution in [-0.2, 0) is 0 Å². The highest BCUT2D eigenvalue weighted by Crippen LogP contribution is 2.07. The molecule has 4 heteroatoms. The van der Waals surface area contributed by atoms with Crippen molar-refractivity contribution in [3.05, 3.63) is 29.1 Å². The molecule has 94 valence electrons. The third-order valence-electron chi connectivity index (χ3n) is 2.56. The van der Waals surface area contributed by atoms with Crippen molar-refractivity contribution in [1.29, 1.82) is 0 Å². The molecule has 0 aromatic carbocycles. The van der Waals surface area contributed by atoms with Crippen LogP contribution >= 0.6 is 11.6 Å². The quantitative estimate of drug-likeness (QED) is 0.821. The van der Waals surface area contributed by atoms with Crippen LogP contribution < -0.4 is 5.32 Å². The molecular weight excluding hydrogens is 236 g/mol. The Labute approximate surface area is 108 Å². The normalized spacial score (nSPS) is 12.2. The van der Waals surface area contributed by atoms with Crippen molar-refractivity contribution in [2.45, 2.75) is 39.0 Å². The van der Waals surface area contributed by atoms with Gasteiger partial charge in [-0.3, -0.25) is 9.78 Å². The molecule has 0 saturated heterocycles. The summed E-state index contributed by atoms with van der Waals surface area (Å²) in [5.41, 5.74) is 2.29. The summed E-state index contributed by atoms with van der Waals surface area (Å²) >= 11 is 6.05. The zero-order valence-corrected chi connectivity index (χ0v) is 11.3. The first kappa shape index (κ1) is 14.0. The van der Waals surface area contributed by atoms with E-state index in [-0.39, 0.29) is 11.3 Å². The van der Waals surface area contributed by atoms with Crippen molar-refractivity contribution in [2.24, 2.45) is 0 Å². The fraction of sp³-hybridized carbons (Fsp3) is 0.538. The summed E-state index contributed by atoms with van der Waals surface area (Å²) in [6.07, 6.45) is 1.93. The van der Waals surface area contributed by atoms with Crippen LogP contribution in [0.2, 0.25) is 0 Å². The van der Waals surface area contributed by atoms with E-state index >= 15 is 0 Å². The van der Waals surface area contributed by atoms with Crippen LogP contribution in [0.25, 0.3) is 0 Å². The average molecular weight is 255 g/mol. The fourth-order valence-electron chi connectivity index (χ4n) is 1.64. The molecule has 1 aromatic rings. The largest absolute Gasteiger partial charge is 0.350 e. The maximum absolute atomic E-state index is 11.9. The Morgan fingerprint density at radius 3 is 2.76 bits per heavy atom. The highest BCUT2D eigenvalue weighted by Gasteiger charge is 2.11. The van der Waals surface area contributed by atoms with Crippen LogP contribution in [0, 0.1) is 13.8 Å². The van der Waals surface area contributed by atoms with Crippen molar-refractivity contribution in [1.82, 2.24) is 10.3 Å². The lowest BCUT2D eigenvalue weighted by molar-refractivity contribution is 0.0952. The van der Waals surface area contributed by atoms with Gasteiger partial charge in [-0.15, -0.1) is 11.6 Å². The molecule has 17 heavy (non-hydrogen) atoms. The molecule has 1 N–H and O–H groups in total. The van der Waals surface area contributed by atoms with E-state index in [4.69, 9.17) is 11.6 Å². The minimum Gasteiger partial charge on any atom is -0.350 e. The molecule has 0 aliphatic rings. The molecule has 1 aromatic heterocycles. The van der Waals surface area contributed by atoms with Gasteiger partial charge < -0.3 is 5.32 Å². The van der Waals surface area contributed by atoms with Crippen molar-refractivity contribution < 1.29 is 4.79 Å². The molecule has 0 saturated carbocycles. The van der Waals surface area contributed by atoms with E-state index in [1.54, 1.807) is 6.07 Å². The van der Waals surface area contributed by atoms with E-state index in [0.717, 1.165) is 24.2 Å². The summed E-state index contributed by atoms with van der Waals surface area (Å²) < 4.78 is 0. The molecule has 1 atom stereocenters. The predicted octanol–water partition coefficient (Wildman–Crippen LogP) is 2.84. The van der Waals surface area contributed by atoms with Crippen LogP contribution in [0.3, 0.4) is 0 Å². The predicted molar refractivity (Wildman–Crippen MR) is 70.6 cm³/mol. The summed E-state index contributed by atoms with van der Waals surface area (Å²) in [6, 6.07) is 3.64. The lowest BCUT2D eigenvalue weighted by atomic mass is 10.1. The fourth-order valence-corrected chi connectivity index (χ4v) is 1.94. The summed E-state index contributed by atoms with van der Waals surface area (Å²) in [6.45, 7) is 6.32. The third-order valence-corrected chi connectivity index (χ3v) is 2.93. The third kappa shape index (κ3) is 4.35. The number of aryl methyl sites for hydroxylation is 2. The maximum atomic E-state index is 11.9. The van der Waals surface area contributed by atoms with E-state index in [1.807, 2.05) is 19.9 Å². The Bertz CT molecular complexity index is 393. The number of hydrogen-bond donors (Lipinski definition) is 1. The summed E-state index contributed by atoms with van der Waals surface area (Å²) in [5, 5.41) is 2.84. The van der Waals surface area contributed by atoms with Gasteiger partial charge in [0.1, 0.15) is 0 Å². The van der Waals surface area contributed by atoms with Gasteiger partial charge >= 0.3 is 0 Å². The van der Waals surface area contributed by atoms with E-state index < -0.39 is 0 Å². The molecule has 0 spiro atoms. The zero-order valence-electron chi connectivity index (χ0n) is 10.6. The zero-order chi connectivity index (χ0) is 12.8. The number of halogens is 1. The first-order valence-corrected chi connectivity index (χ1v) is 6.34. The van der Waals surface area contributed by atoms with Crippen LogP contribution in [0.4, 0.5) is 0 Å². The van der Waals surface area contributed by atoms with Gasteiger partial charge in [-0.2, -0.15) is 0 Å². The first-order chi connectivity index (χ1) is 8.04. The van der Waals surface area contributed by atoms with Crippen molar-refractivity contribution in [2.75, 3.05) is 6.54 Å². The topological polar surface area (TPSA) is 42.0 Å². The smallest absolute Gasteiger partial charge is 0.253 e. The van der Waals surface area contributed by atoms with Crippen molar-refractivity contribution in [3.63, 3.8) is 0 Å². The van der Waals surface area contributed by atoms with E-state index in [2.05, 4.69) is 17.2 Å². The number of aromatic nitrogens is 1. The van der Waals surface area contributed by atoms with Gasteiger partial charge in [0, 0.05) is 12.2 Å². The SMILES string of the molecule is CCCC(Cl)CNC(=O)c1ccc(C)nc1C. The van der Waals surface area contributed by atoms with Crippen LogP contribution in [0.1, 0.15) is 41.5 Å². The van der Waals surface area contributed by atoms with E-state index in [9.17, 15) is 4.79 Å². The number of amides is 1. The molecular formula is C13H19ClN2O. The standard InChI is InChI=1S/C13H19ClN2O/c1-4-5-11(14)8-15-13(17)12-7-6-9(2)16-10(12)3/h6-7,11H,4-5,8H2,1-3H3,(H,15,17). The summed E-state index contributed by atoms with van der Waals surface area (Å²) in [7, 11) is 0. The van der Waals surface area contributed by atoms with Crippen molar-refractivity contribution >= 4 is 17.5 Å². The van der Waals surface area contributed by atoms with E-state index in [1.165, 1.54) is 0 Å². The number of carbonyl (C=O) groups is 1. The van der Waals surface area contributed by atoms with Crippen LogP contribution in [0.5, 0.6) is 0 Å². The molecule has 0 aliphatic carbocycles. The molecule has 1 rings (SSSR count). The molecule has 0 bridgehead atoms. The van der Waals surface area contributed by atoms with Gasteiger partial charge in [-0.1, -0.05) is 13.3 Å². The number of alkyl halides is 1. The summed E-state index contributed by atoms with van der Waals surface area (Å²) in [5.74, 6) is -0.100. The molecule has 1 heterocycles. The molecule has 3 nitrogen and oxygen atoms in total. The Morgan fingerprint density at radius 2 is 2.18 bits per heavy atom. The number of rotatable bonds is 5. The van der Waals surface area contributed by atoms with Gasteiger partial charge in [-0.05, 0) is 32.4 Å². The number of hydrogen-bond acceptors (Lipinski definition) is 2. The Morgan fingerprint density at radius 1 is 1.47 bits per heavy atom. The van der Waals surface area contributed by atoms with Crippen LogP contribution in [-0.4, -0.2) is 22.8 Å². The summed E-state index contributed by atoms with van der Waals surface area (Å²) in [4.78, 5) is 16.1. The molecule has 0 radical (unpaired) electrons. The second-order valence-electron chi connectivity index (χ2n) is 4.18. The van der Waals surface area contributed by atoms with Gasteiger partial charge in [0.15, 0.2) is 0 Å². The maximum Gasteiger partial charge on any atom is 0.253 e. The van der Waals surface area contributed by atoms with Gasteiger partial charge in [0.2, 0.25) is 0 Å². The lowest BCUT2D eigenvalue weighted by Gasteiger charge is -2.11. The van der Waals surface area contributed by atoms with Gasteiger partial charge in [0.25, 0.3) is 5.91 Å². The van der Waals surface area contributed by atoms with Crippen molar-refractivity contribution in [3.8, 4) is 0 Å². The molecule has 0 aliphatic heterocycles. The second-order valence-corrected chi connectivity index (χ2v) is 4.80. The highest BCUT2D eigenvalue weighted by atomic mass is 35.5. The Hall–Kier alpha value is -1.09. The first-order valence-electron chi connectivity index (χ1n) is 5.91. The van der Waals surface area contributed by atoms with Gasteiger partial charge in [-0.25, -0.2) is 0 Å². The Kier molecular flexibility index (Phi) is 5.42. The van der Waals surface area contributed by atoms with Crippen LogP contribution in [0.15, 0.2) is 12.1 Å². The Balaban J connectivity index is 2.58. The number of nitrogens with one attached hydrogen (secondary N) is 1. The number of pyridine rings is 1. The highest BCUT2D eigenvalue weighted by molar-refractivity contribution is 6.20. The molecule has 1 unspecified atom stereocenters. The second kappa shape index (κ2) is 6.60. The number of nitrogens with zero attached hydrogens (tertiary/aromatic N) is 1. The minimum atomic E-state index is -0.100. The molecule has 0 fully saturated rings. The number of carbonyl (C=O) groups excluding carboxylic acids is 1. The average Bonchev–Trinajstić information content (AvgIpc) is 2.26. The monoisotopic (exact) mass is 254 g/mol. The van der Waals surface area contributed by atoms with E-state index in [0.29, 0.717) is 12.1 Å².